The maximum Gasteiger partial charge on any atom is 0.259 e. The Labute approximate surface area is 120 Å². The normalized spacial score (nSPS) is 11.4. The second kappa shape index (κ2) is 5.26. The minimum Gasteiger partial charge on any atom is -0.319 e. The van der Waals surface area contributed by atoms with Gasteiger partial charge in [0.05, 0.1) is 22.3 Å². The highest BCUT2D eigenvalue weighted by atomic mass is 32.2. The summed E-state index contributed by atoms with van der Waals surface area (Å²) < 4.78 is 37.6. The van der Waals surface area contributed by atoms with Crippen LogP contribution in [0.25, 0.3) is 0 Å². The minimum absolute atomic E-state index is 0.262. The zero-order valence-electron chi connectivity index (χ0n) is 11.3. The van der Waals surface area contributed by atoms with E-state index in [0.29, 0.717) is 5.69 Å². The molecule has 0 spiro atoms. The lowest BCUT2D eigenvalue weighted by atomic mass is 10.2. The van der Waals surface area contributed by atoms with Crippen LogP contribution in [0.4, 0.5) is 10.1 Å². The average molecular weight is 312 g/mol. The van der Waals surface area contributed by atoms with Gasteiger partial charge in [-0.25, -0.2) is 17.9 Å². The second-order valence-corrected chi connectivity index (χ2v) is 5.97. The average Bonchev–Trinajstić information content (AvgIpc) is 2.71. The number of hydrogen-bond acceptors (Lipinski definition) is 4. The third-order valence-electron chi connectivity index (χ3n) is 2.99. The fourth-order valence-electron chi connectivity index (χ4n) is 1.69. The summed E-state index contributed by atoms with van der Waals surface area (Å²) in [6.45, 7) is 1.68. The van der Waals surface area contributed by atoms with Crippen LogP contribution >= 0.6 is 0 Å². The summed E-state index contributed by atoms with van der Waals surface area (Å²) in [4.78, 5) is 11.8. The number of aromatic nitrogens is 2. The van der Waals surface area contributed by atoms with Gasteiger partial charge in [0, 0.05) is 12.7 Å². The Balaban J connectivity index is 2.35. The van der Waals surface area contributed by atoms with Crippen molar-refractivity contribution in [2.45, 2.75) is 11.8 Å². The molecule has 1 aromatic heterocycles. The Morgan fingerprint density at radius 3 is 2.62 bits per heavy atom. The lowest BCUT2D eigenvalue weighted by molar-refractivity contribution is 0.102. The molecule has 2 aromatic rings. The van der Waals surface area contributed by atoms with Crippen molar-refractivity contribution in [1.29, 1.82) is 0 Å². The van der Waals surface area contributed by atoms with Crippen LogP contribution in [0.2, 0.25) is 0 Å². The third-order valence-corrected chi connectivity index (χ3v) is 3.91. The molecule has 112 valence electrons. The van der Waals surface area contributed by atoms with E-state index in [1.165, 1.54) is 10.9 Å². The number of anilines is 1. The molecule has 3 N–H and O–H groups in total. The van der Waals surface area contributed by atoms with Crippen molar-refractivity contribution in [2.24, 2.45) is 12.2 Å². The third kappa shape index (κ3) is 3.09. The summed E-state index contributed by atoms with van der Waals surface area (Å²) in [6, 6.07) is 2.91. The molecule has 9 heteroatoms. The molecule has 0 aliphatic heterocycles. The summed E-state index contributed by atoms with van der Waals surface area (Å²) in [5, 5.41) is 11.2. The van der Waals surface area contributed by atoms with Crippen LogP contribution in [-0.4, -0.2) is 24.1 Å². The molecule has 1 aromatic carbocycles. The molecule has 21 heavy (non-hydrogen) atoms. The number of nitrogens with zero attached hydrogens (tertiary/aromatic N) is 2. The molecular weight excluding hydrogens is 299 g/mol. The predicted octanol–water partition coefficient (Wildman–Crippen LogP) is 0.767. The van der Waals surface area contributed by atoms with E-state index in [1.807, 2.05) is 0 Å². The van der Waals surface area contributed by atoms with Gasteiger partial charge in [-0.2, -0.15) is 5.10 Å². The van der Waals surface area contributed by atoms with Crippen molar-refractivity contribution in [3.63, 3.8) is 0 Å². The first-order valence-corrected chi connectivity index (χ1v) is 7.37. The molecule has 0 radical (unpaired) electrons. The summed E-state index contributed by atoms with van der Waals surface area (Å²) in [6.07, 6.45) is 1.34. The lowest BCUT2D eigenvalue weighted by Crippen LogP contribution is -2.16. The second-order valence-electron chi connectivity index (χ2n) is 4.41. The van der Waals surface area contributed by atoms with Crippen LogP contribution in [0, 0.1) is 12.7 Å². The molecule has 0 saturated heterocycles. The number of aryl methyl sites for hydroxylation is 1. The number of benzene rings is 1. The Kier molecular flexibility index (Phi) is 3.79. The van der Waals surface area contributed by atoms with Gasteiger partial charge in [-0.1, -0.05) is 0 Å². The van der Waals surface area contributed by atoms with Crippen LogP contribution in [0.15, 0.2) is 29.3 Å². The van der Waals surface area contributed by atoms with E-state index in [1.54, 1.807) is 14.0 Å². The fourth-order valence-corrected chi connectivity index (χ4v) is 2.23. The molecule has 0 aliphatic carbocycles. The van der Waals surface area contributed by atoms with E-state index in [9.17, 15) is 17.6 Å². The topological polar surface area (TPSA) is 107 Å². The predicted molar refractivity (Wildman–Crippen MR) is 73.7 cm³/mol. The van der Waals surface area contributed by atoms with Gasteiger partial charge < -0.3 is 5.32 Å². The van der Waals surface area contributed by atoms with Crippen molar-refractivity contribution in [2.75, 3.05) is 5.32 Å². The van der Waals surface area contributed by atoms with Crippen molar-refractivity contribution >= 4 is 21.6 Å². The van der Waals surface area contributed by atoms with Gasteiger partial charge in [-0.05, 0) is 25.1 Å². The van der Waals surface area contributed by atoms with E-state index in [2.05, 4.69) is 10.4 Å². The van der Waals surface area contributed by atoms with E-state index < -0.39 is 21.7 Å². The first kappa shape index (κ1) is 15.1. The van der Waals surface area contributed by atoms with Crippen molar-refractivity contribution in [1.82, 2.24) is 9.78 Å². The molecule has 0 bridgehead atoms. The summed E-state index contributed by atoms with van der Waals surface area (Å²) in [5.74, 6) is -1.36. The number of amides is 1. The summed E-state index contributed by atoms with van der Waals surface area (Å²) in [7, 11) is -2.32. The van der Waals surface area contributed by atoms with E-state index >= 15 is 0 Å². The highest BCUT2D eigenvalue weighted by Gasteiger charge is 2.17. The van der Waals surface area contributed by atoms with Gasteiger partial charge >= 0.3 is 0 Å². The molecule has 0 saturated carbocycles. The van der Waals surface area contributed by atoms with Crippen molar-refractivity contribution in [3.05, 3.63) is 41.5 Å². The van der Waals surface area contributed by atoms with Gasteiger partial charge in [0.2, 0.25) is 10.0 Å². The minimum atomic E-state index is -3.98. The Morgan fingerprint density at radius 1 is 1.43 bits per heavy atom. The Morgan fingerprint density at radius 2 is 2.10 bits per heavy atom. The highest BCUT2D eigenvalue weighted by molar-refractivity contribution is 7.89. The number of halogens is 1. The summed E-state index contributed by atoms with van der Waals surface area (Å²) >= 11 is 0. The number of carbonyl (C=O) groups excluding carboxylic acids is 1. The molecule has 2 rings (SSSR count). The smallest absolute Gasteiger partial charge is 0.259 e. The monoisotopic (exact) mass is 312 g/mol. The maximum atomic E-state index is 13.7. The largest absolute Gasteiger partial charge is 0.319 e. The number of nitrogens with one attached hydrogen (secondary N) is 1. The molecule has 0 atom stereocenters. The number of hydrogen-bond donors (Lipinski definition) is 2. The number of sulfonamides is 1. The van der Waals surface area contributed by atoms with E-state index in [-0.39, 0.29) is 16.1 Å². The molecule has 7 nitrogen and oxygen atoms in total. The molecule has 1 amide bonds. The van der Waals surface area contributed by atoms with Gasteiger partial charge in [0.15, 0.2) is 0 Å². The fraction of sp³-hybridized carbons (Fsp3) is 0.167. The van der Waals surface area contributed by atoms with Gasteiger partial charge in [-0.3, -0.25) is 9.48 Å². The zero-order valence-corrected chi connectivity index (χ0v) is 12.1. The SMILES string of the molecule is Cc1c(C(=O)Nc2cc(S(N)(=O)=O)ccc2F)cnn1C. The van der Waals surface area contributed by atoms with Gasteiger partial charge in [-0.15, -0.1) is 0 Å². The van der Waals surface area contributed by atoms with Crippen molar-refractivity contribution < 1.29 is 17.6 Å². The highest BCUT2D eigenvalue weighted by Crippen LogP contribution is 2.20. The first-order chi connectivity index (χ1) is 9.70. The van der Waals surface area contributed by atoms with E-state index in [4.69, 9.17) is 5.14 Å². The van der Waals surface area contributed by atoms with Crippen LogP contribution in [-0.2, 0) is 17.1 Å². The quantitative estimate of drug-likeness (QED) is 0.872. The molecular formula is C12H13FN4O3S. The van der Waals surface area contributed by atoms with Crippen LogP contribution in [0.3, 0.4) is 0 Å². The molecule has 0 unspecified atom stereocenters. The maximum absolute atomic E-state index is 13.7. The number of rotatable bonds is 3. The molecule has 0 fully saturated rings. The van der Waals surface area contributed by atoms with Crippen LogP contribution in [0.5, 0.6) is 0 Å². The van der Waals surface area contributed by atoms with Gasteiger partial charge in [0.25, 0.3) is 5.91 Å². The van der Waals surface area contributed by atoms with Crippen LogP contribution < -0.4 is 10.5 Å². The first-order valence-electron chi connectivity index (χ1n) is 5.82. The number of primary sulfonamides is 1. The van der Waals surface area contributed by atoms with Gasteiger partial charge in [0.1, 0.15) is 5.82 Å². The van der Waals surface area contributed by atoms with Crippen LogP contribution in [0.1, 0.15) is 16.1 Å². The number of carbonyl (C=O) groups is 1. The summed E-state index contributed by atoms with van der Waals surface area (Å²) in [5.41, 5.74) is 0.586. The Bertz CT molecular complexity index is 814. The molecule has 0 aliphatic rings. The standard InChI is InChI=1S/C12H13FN4O3S/c1-7-9(6-15-17(7)2)12(18)16-11-5-8(21(14,19)20)3-4-10(11)13/h3-6H,1-2H3,(H,16,18)(H2,14,19,20). The molecule has 1 heterocycles. The van der Waals surface area contributed by atoms with E-state index in [0.717, 1.165) is 18.2 Å². The van der Waals surface area contributed by atoms with Crippen molar-refractivity contribution in [3.8, 4) is 0 Å². The Hall–Kier alpha value is -2.26. The lowest BCUT2D eigenvalue weighted by Gasteiger charge is -2.08. The number of nitrogens with two attached hydrogens (primary N) is 1. The zero-order chi connectivity index (χ0) is 15.8.